The third-order valence-electron chi connectivity index (χ3n) is 3.93. The van der Waals surface area contributed by atoms with Crippen molar-refractivity contribution in [3.63, 3.8) is 0 Å². The second-order valence-corrected chi connectivity index (χ2v) is 7.22. The van der Waals surface area contributed by atoms with Gasteiger partial charge in [0.1, 0.15) is 5.75 Å². The van der Waals surface area contributed by atoms with Crippen molar-refractivity contribution >= 4 is 33.2 Å². The van der Waals surface area contributed by atoms with Crippen LogP contribution in [-0.4, -0.2) is 34.8 Å². The smallest absolute Gasteiger partial charge is 0.264 e. The number of amides is 1. The second-order valence-electron chi connectivity index (χ2n) is 5.02. The third-order valence-corrected chi connectivity index (χ3v) is 5.58. The van der Waals surface area contributed by atoms with Gasteiger partial charge in [-0.2, -0.15) is 0 Å². The number of hydrogen-bond acceptors (Lipinski definition) is 3. The lowest BCUT2D eigenvalue weighted by molar-refractivity contribution is 0.0608. The summed E-state index contributed by atoms with van der Waals surface area (Å²) in [5.41, 5.74) is 0. The van der Waals surface area contributed by atoms with Gasteiger partial charge in [0.05, 0.1) is 12.0 Å². The van der Waals surface area contributed by atoms with Gasteiger partial charge >= 0.3 is 0 Å². The minimum Gasteiger partial charge on any atom is -0.496 e. The molecule has 2 saturated heterocycles. The Bertz CT molecular complexity index is 448. The summed E-state index contributed by atoms with van der Waals surface area (Å²) in [4.78, 5) is 16.1. The van der Waals surface area contributed by atoms with Crippen molar-refractivity contribution in [1.29, 1.82) is 0 Å². The number of alkyl halides is 1. The average molecular weight is 330 g/mol. The monoisotopic (exact) mass is 329 g/mol. The first kappa shape index (κ1) is 12.5. The number of nitrogens with zero attached hydrogens (tertiary/aromatic N) is 1. The van der Waals surface area contributed by atoms with Gasteiger partial charge in [-0.05, 0) is 25.7 Å². The lowest BCUT2D eigenvalue weighted by atomic mass is 10.0. The average Bonchev–Trinajstić information content (AvgIpc) is 2.92. The summed E-state index contributed by atoms with van der Waals surface area (Å²) in [6.07, 6.45) is 4.48. The molecule has 0 N–H and O–H groups in total. The summed E-state index contributed by atoms with van der Waals surface area (Å²) in [6.45, 7) is 0. The predicted octanol–water partition coefficient (Wildman–Crippen LogP) is 3.29. The number of carbonyl (C=O) groups excluding carboxylic acids is 1. The predicted molar refractivity (Wildman–Crippen MR) is 75.8 cm³/mol. The van der Waals surface area contributed by atoms with E-state index in [1.165, 1.54) is 11.3 Å². The number of fused-ring (bicyclic) bond motifs is 2. The van der Waals surface area contributed by atoms with Crippen molar-refractivity contribution in [1.82, 2.24) is 4.90 Å². The topological polar surface area (TPSA) is 29.5 Å². The maximum Gasteiger partial charge on any atom is 0.264 e. The molecule has 0 saturated carbocycles. The molecule has 2 atom stereocenters. The molecule has 2 bridgehead atoms. The van der Waals surface area contributed by atoms with Gasteiger partial charge in [-0.15, -0.1) is 11.3 Å². The van der Waals surface area contributed by atoms with E-state index in [1.54, 1.807) is 7.11 Å². The molecule has 18 heavy (non-hydrogen) atoms. The highest BCUT2D eigenvalue weighted by Crippen LogP contribution is 2.40. The largest absolute Gasteiger partial charge is 0.496 e. The van der Waals surface area contributed by atoms with Crippen LogP contribution >= 0.6 is 27.3 Å². The molecule has 2 unspecified atom stereocenters. The van der Waals surface area contributed by atoms with E-state index < -0.39 is 0 Å². The summed E-state index contributed by atoms with van der Waals surface area (Å²) in [5.74, 6) is 0.973. The van der Waals surface area contributed by atoms with E-state index >= 15 is 0 Å². The Morgan fingerprint density at radius 3 is 2.67 bits per heavy atom. The zero-order chi connectivity index (χ0) is 12.7. The first-order valence-electron chi connectivity index (χ1n) is 6.28. The van der Waals surface area contributed by atoms with Crippen LogP contribution in [0.1, 0.15) is 35.4 Å². The fourth-order valence-electron chi connectivity index (χ4n) is 3.11. The molecule has 3 heterocycles. The maximum atomic E-state index is 12.6. The first-order chi connectivity index (χ1) is 8.69. The lowest BCUT2D eigenvalue weighted by Crippen LogP contribution is -2.46. The Kier molecular flexibility index (Phi) is 3.36. The Hall–Kier alpha value is -0.550. The van der Waals surface area contributed by atoms with Gasteiger partial charge in [0.25, 0.3) is 5.91 Å². The lowest BCUT2D eigenvalue weighted by Gasteiger charge is -2.36. The molecule has 1 aromatic heterocycles. The molecule has 2 fully saturated rings. The SMILES string of the molecule is COc1csc(C(=O)N2C3CCC2CC(Br)C3)c1. The maximum absolute atomic E-state index is 12.6. The molecule has 0 spiro atoms. The van der Waals surface area contributed by atoms with Crippen LogP contribution in [-0.2, 0) is 0 Å². The van der Waals surface area contributed by atoms with Crippen LogP contribution in [0.3, 0.4) is 0 Å². The number of hydrogen-bond donors (Lipinski definition) is 0. The summed E-state index contributed by atoms with van der Waals surface area (Å²) in [6, 6.07) is 2.70. The molecule has 98 valence electrons. The summed E-state index contributed by atoms with van der Waals surface area (Å²) in [5, 5.41) is 1.90. The Balaban J connectivity index is 1.81. The third kappa shape index (κ3) is 2.07. The number of piperidine rings is 1. The van der Waals surface area contributed by atoms with Crippen molar-refractivity contribution < 1.29 is 9.53 Å². The van der Waals surface area contributed by atoms with Crippen LogP contribution in [0.15, 0.2) is 11.4 Å². The Labute approximate surface area is 119 Å². The molecule has 0 aliphatic carbocycles. The molecular formula is C13H16BrNO2S. The van der Waals surface area contributed by atoms with E-state index in [1.807, 2.05) is 11.4 Å². The quantitative estimate of drug-likeness (QED) is 0.779. The second kappa shape index (κ2) is 4.85. The van der Waals surface area contributed by atoms with Crippen LogP contribution in [0, 0.1) is 0 Å². The van der Waals surface area contributed by atoms with E-state index in [-0.39, 0.29) is 5.91 Å². The Morgan fingerprint density at radius 2 is 2.11 bits per heavy atom. The van der Waals surface area contributed by atoms with Gasteiger partial charge in [0, 0.05) is 28.4 Å². The molecule has 3 rings (SSSR count). The van der Waals surface area contributed by atoms with Gasteiger partial charge in [0.15, 0.2) is 0 Å². The highest BCUT2D eigenvalue weighted by Gasteiger charge is 2.42. The van der Waals surface area contributed by atoms with E-state index in [9.17, 15) is 4.79 Å². The molecule has 1 amide bonds. The van der Waals surface area contributed by atoms with Crippen LogP contribution in [0.2, 0.25) is 0 Å². The minimum absolute atomic E-state index is 0.190. The molecule has 1 aromatic rings. The minimum atomic E-state index is 0.190. The van der Waals surface area contributed by atoms with Crippen molar-refractivity contribution in [2.45, 2.75) is 42.6 Å². The molecule has 0 radical (unpaired) electrons. The van der Waals surface area contributed by atoms with E-state index in [0.717, 1.165) is 36.3 Å². The summed E-state index contributed by atoms with van der Waals surface area (Å²) in [7, 11) is 1.64. The van der Waals surface area contributed by atoms with Crippen molar-refractivity contribution in [2.24, 2.45) is 0 Å². The molecular weight excluding hydrogens is 314 g/mol. The van der Waals surface area contributed by atoms with Gasteiger partial charge < -0.3 is 9.64 Å². The standard InChI is InChI=1S/C13H16BrNO2S/c1-17-11-6-12(18-7-11)13(16)15-9-2-3-10(15)5-8(14)4-9/h6-10H,2-5H2,1H3. The first-order valence-corrected chi connectivity index (χ1v) is 8.08. The zero-order valence-corrected chi connectivity index (χ0v) is 12.7. The van der Waals surface area contributed by atoms with Crippen LogP contribution in [0.5, 0.6) is 5.75 Å². The Morgan fingerprint density at radius 1 is 1.44 bits per heavy atom. The van der Waals surface area contributed by atoms with Gasteiger partial charge in [0.2, 0.25) is 0 Å². The normalized spacial score (nSPS) is 30.6. The van der Waals surface area contributed by atoms with Crippen LogP contribution < -0.4 is 4.74 Å². The molecule has 5 heteroatoms. The number of carbonyl (C=O) groups is 1. The molecule has 0 aromatic carbocycles. The number of halogens is 1. The van der Waals surface area contributed by atoms with E-state index in [4.69, 9.17) is 4.74 Å². The van der Waals surface area contributed by atoms with Crippen molar-refractivity contribution in [3.05, 3.63) is 16.3 Å². The van der Waals surface area contributed by atoms with Crippen molar-refractivity contribution in [3.8, 4) is 5.75 Å². The summed E-state index contributed by atoms with van der Waals surface area (Å²) >= 11 is 5.18. The van der Waals surface area contributed by atoms with Gasteiger partial charge in [-0.25, -0.2) is 0 Å². The highest BCUT2D eigenvalue weighted by atomic mass is 79.9. The summed E-state index contributed by atoms with van der Waals surface area (Å²) < 4.78 is 5.15. The molecule has 2 aliphatic rings. The van der Waals surface area contributed by atoms with E-state index in [0.29, 0.717) is 16.9 Å². The number of rotatable bonds is 2. The molecule has 2 aliphatic heterocycles. The van der Waals surface area contributed by atoms with Crippen molar-refractivity contribution in [2.75, 3.05) is 7.11 Å². The number of methoxy groups -OCH3 is 1. The fraction of sp³-hybridized carbons (Fsp3) is 0.615. The fourth-order valence-corrected chi connectivity index (χ4v) is 4.77. The highest BCUT2D eigenvalue weighted by molar-refractivity contribution is 9.09. The number of ether oxygens (including phenoxy) is 1. The number of thiophene rings is 1. The zero-order valence-electron chi connectivity index (χ0n) is 10.3. The van der Waals surface area contributed by atoms with Crippen LogP contribution in [0.4, 0.5) is 0 Å². The van der Waals surface area contributed by atoms with E-state index in [2.05, 4.69) is 20.8 Å². The van der Waals surface area contributed by atoms with Gasteiger partial charge in [-0.3, -0.25) is 4.79 Å². The molecule has 3 nitrogen and oxygen atoms in total. The van der Waals surface area contributed by atoms with Crippen LogP contribution in [0.25, 0.3) is 0 Å². The van der Waals surface area contributed by atoms with Gasteiger partial charge in [-0.1, -0.05) is 15.9 Å².